The molecule has 0 spiro atoms. The van der Waals surface area contributed by atoms with Gasteiger partial charge in [-0.1, -0.05) is 50.1 Å². The first-order chi connectivity index (χ1) is 15.3. The molecule has 0 bridgehead atoms. The van der Waals surface area contributed by atoms with Gasteiger partial charge in [0.05, 0.1) is 0 Å². The zero-order chi connectivity index (χ0) is 24.4. The fraction of sp³-hybridized carbons (Fsp3) is 0.667. The summed E-state index contributed by atoms with van der Waals surface area (Å²) in [5.41, 5.74) is 4.91. The van der Waals surface area contributed by atoms with Gasteiger partial charge in [0.25, 0.3) is 0 Å². The van der Waals surface area contributed by atoms with Crippen LogP contribution in [-0.4, -0.2) is 16.9 Å². The molecule has 1 fully saturated rings. The average molecular weight is 451 g/mol. The lowest BCUT2D eigenvalue weighted by Gasteiger charge is -2.57. The molecule has 0 amide bonds. The van der Waals surface area contributed by atoms with Crippen molar-refractivity contribution in [1.29, 1.82) is 0 Å². The minimum atomic E-state index is -0.810. The van der Waals surface area contributed by atoms with Crippen molar-refractivity contribution in [3.8, 4) is 0 Å². The van der Waals surface area contributed by atoms with Gasteiger partial charge in [0.15, 0.2) is 5.78 Å². The number of carboxylic acid groups (broad SMARTS) is 1. The van der Waals surface area contributed by atoms with Crippen molar-refractivity contribution >= 4 is 11.8 Å². The molecule has 0 unspecified atom stereocenters. The number of hydrogen-bond donors (Lipinski definition) is 1. The number of ketones is 1. The molecule has 0 saturated heterocycles. The van der Waals surface area contributed by atoms with E-state index in [1.807, 2.05) is 12.2 Å². The Bertz CT molecular complexity index is 1010. The van der Waals surface area contributed by atoms with Crippen LogP contribution >= 0.6 is 0 Å². The van der Waals surface area contributed by atoms with Gasteiger partial charge in [-0.25, -0.2) is 4.79 Å². The van der Waals surface area contributed by atoms with Gasteiger partial charge in [0.1, 0.15) is 0 Å². The van der Waals surface area contributed by atoms with Crippen LogP contribution in [0.3, 0.4) is 0 Å². The molecule has 0 aromatic rings. The smallest absolute Gasteiger partial charge is 0.330 e. The van der Waals surface area contributed by atoms with Crippen molar-refractivity contribution in [3.05, 3.63) is 46.6 Å². The summed E-state index contributed by atoms with van der Waals surface area (Å²) in [6.07, 6.45) is 16.0. The highest BCUT2D eigenvalue weighted by Gasteiger charge is 2.61. The monoisotopic (exact) mass is 450 g/mol. The maximum atomic E-state index is 12.7. The highest BCUT2D eigenvalue weighted by molar-refractivity contribution is 5.99. The summed E-state index contributed by atoms with van der Waals surface area (Å²) in [5.74, 6) is 0.653. The number of carboxylic acids is 1. The second-order valence-corrected chi connectivity index (χ2v) is 12.4. The van der Waals surface area contributed by atoms with E-state index in [0.29, 0.717) is 17.4 Å². The summed E-state index contributed by atoms with van der Waals surface area (Å²) in [6, 6.07) is 0. The standard InChI is InChI=1S/C30H42O3/c1-19(9-8-10-20(2)26(32)33)21-13-17-30(7)23-11-12-24-27(3,4)25(31)15-16-28(24,5)22(23)14-18-29(21,30)6/h10,12,15-16,19,21H,8-9,11,13-14,17-18H2,1-7H3,(H,32,33)/b20-10-/t19-,21-,28-,29-,30+/m1/s1. The number of carbonyl (C=O) groups excluding carboxylic acids is 1. The number of allylic oxidation sites excluding steroid dienone is 7. The van der Waals surface area contributed by atoms with E-state index in [1.54, 1.807) is 18.1 Å². The molecule has 4 aliphatic rings. The third kappa shape index (κ3) is 3.36. The van der Waals surface area contributed by atoms with Crippen molar-refractivity contribution in [1.82, 2.24) is 0 Å². The van der Waals surface area contributed by atoms with Crippen molar-refractivity contribution in [2.45, 2.75) is 93.4 Å². The van der Waals surface area contributed by atoms with E-state index in [-0.39, 0.29) is 22.0 Å². The van der Waals surface area contributed by atoms with Gasteiger partial charge in [-0.2, -0.15) is 0 Å². The maximum Gasteiger partial charge on any atom is 0.330 e. The summed E-state index contributed by atoms with van der Waals surface area (Å²) < 4.78 is 0. The van der Waals surface area contributed by atoms with Crippen molar-refractivity contribution < 1.29 is 14.7 Å². The molecule has 0 heterocycles. The molecule has 0 aromatic carbocycles. The van der Waals surface area contributed by atoms with E-state index in [1.165, 1.54) is 24.8 Å². The number of fused-ring (bicyclic) bond motifs is 4. The van der Waals surface area contributed by atoms with Crippen LogP contribution in [0.2, 0.25) is 0 Å². The van der Waals surface area contributed by atoms with Gasteiger partial charge in [0.2, 0.25) is 0 Å². The van der Waals surface area contributed by atoms with Crippen LogP contribution in [0.5, 0.6) is 0 Å². The van der Waals surface area contributed by atoms with Crippen molar-refractivity contribution in [3.63, 3.8) is 0 Å². The Morgan fingerprint density at radius 2 is 1.88 bits per heavy atom. The first kappa shape index (κ1) is 24.2. The zero-order valence-electron chi connectivity index (χ0n) is 21.7. The molecule has 3 heteroatoms. The van der Waals surface area contributed by atoms with Crippen LogP contribution < -0.4 is 0 Å². The molecule has 0 aliphatic heterocycles. The van der Waals surface area contributed by atoms with Crippen LogP contribution in [-0.2, 0) is 9.59 Å². The van der Waals surface area contributed by atoms with E-state index in [9.17, 15) is 9.59 Å². The summed E-state index contributed by atoms with van der Waals surface area (Å²) in [7, 11) is 0. The van der Waals surface area contributed by atoms with Crippen LogP contribution in [0.25, 0.3) is 0 Å². The third-order valence-electron chi connectivity index (χ3n) is 10.6. The molecular formula is C30H42O3. The van der Waals surface area contributed by atoms with E-state index in [4.69, 9.17) is 5.11 Å². The number of aliphatic carboxylic acids is 1. The molecule has 0 radical (unpaired) electrons. The summed E-state index contributed by atoms with van der Waals surface area (Å²) in [6.45, 7) is 15.7. The molecule has 180 valence electrons. The van der Waals surface area contributed by atoms with Crippen LogP contribution in [0.4, 0.5) is 0 Å². The highest BCUT2D eigenvalue weighted by Crippen LogP contribution is 2.70. The second-order valence-electron chi connectivity index (χ2n) is 12.4. The Kier molecular flexibility index (Phi) is 5.74. The van der Waals surface area contributed by atoms with Gasteiger partial charge >= 0.3 is 5.97 Å². The SMILES string of the molecule is C/C(=C/CC[C@@H](C)[C@H]1CC[C@@]2(C)C3=C(CC[C@]12C)[C@@]1(C)C=CC(=O)C(C)(C)C1=CC3)C(=O)O. The van der Waals surface area contributed by atoms with E-state index < -0.39 is 11.4 Å². The molecule has 1 N–H and O–H groups in total. The van der Waals surface area contributed by atoms with Gasteiger partial charge in [-0.15, -0.1) is 0 Å². The van der Waals surface area contributed by atoms with Gasteiger partial charge in [-0.3, -0.25) is 4.79 Å². The summed E-state index contributed by atoms with van der Waals surface area (Å²) >= 11 is 0. The van der Waals surface area contributed by atoms with Gasteiger partial charge < -0.3 is 5.11 Å². The van der Waals surface area contributed by atoms with Gasteiger partial charge in [-0.05, 0) is 107 Å². The molecule has 4 aliphatic carbocycles. The third-order valence-corrected chi connectivity index (χ3v) is 10.6. The molecular weight excluding hydrogens is 408 g/mol. The van der Waals surface area contributed by atoms with Crippen LogP contribution in [0.15, 0.2) is 46.6 Å². The second kappa shape index (κ2) is 7.82. The lowest BCUT2D eigenvalue weighted by molar-refractivity contribution is -0.132. The Morgan fingerprint density at radius 3 is 2.55 bits per heavy atom. The first-order valence-electron chi connectivity index (χ1n) is 12.9. The lowest BCUT2D eigenvalue weighted by atomic mass is 9.47. The predicted molar refractivity (Wildman–Crippen MR) is 134 cm³/mol. The zero-order valence-corrected chi connectivity index (χ0v) is 21.7. The van der Waals surface area contributed by atoms with Crippen LogP contribution in [0.1, 0.15) is 93.4 Å². The quantitative estimate of drug-likeness (QED) is 0.349. The summed E-state index contributed by atoms with van der Waals surface area (Å²) in [5, 5.41) is 9.15. The molecule has 33 heavy (non-hydrogen) atoms. The Morgan fingerprint density at radius 1 is 1.18 bits per heavy atom. The van der Waals surface area contributed by atoms with Gasteiger partial charge in [0, 0.05) is 16.4 Å². The number of hydrogen-bond acceptors (Lipinski definition) is 2. The van der Waals surface area contributed by atoms with Crippen molar-refractivity contribution in [2.75, 3.05) is 0 Å². The first-order valence-corrected chi connectivity index (χ1v) is 12.9. The highest BCUT2D eigenvalue weighted by atomic mass is 16.4. The Hall–Kier alpha value is -1.90. The Balaban J connectivity index is 1.63. The van der Waals surface area contributed by atoms with E-state index in [0.717, 1.165) is 25.7 Å². The fourth-order valence-electron chi connectivity index (χ4n) is 8.23. The minimum absolute atomic E-state index is 0.127. The largest absolute Gasteiger partial charge is 0.478 e. The van der Waals surface area contributed by atoms with Crippen molar-refractivity contribution in [2.24, 2.45) is 33.5 Å². The molecule has 1 saturated carbocycles. The predicted octanol–water partition coefficient (Wildman–Crippen LogP) is 7.45. The maximum absolute atomic E-state index is 12.7. The van der Waals surface area contributed by atoms with E-state index >= 15 is 0 Å². The molecule has 5 atom stereocenters. The molecule has 0 aromatic heterocycles. The Labute approximate surface area is 200 Å². The van der Waals surface area contributed by atoms with E-state index in [2.05, 4.69) is 53.7 Å². The average Bonchev–Trinajstić information content (AvgIpc) is 3.02. The minimum Gasteiger partial charge on any atom is -0.478 e. The normalized spacial score (nSPS) is 38.4. The fourth-order valence-corrected chi connectivity index (χ4v) is 8.23. The summed E-state index contributed by atoms with van der Waals surface area (Å²) in [4.78, 5) is 23.8. The molecule has 3 nitrogen and oxygen atoms in total. The topological polar surface area (TPSA) is 54.4 Å². The number of rotatable bonds is 5. The van der Waals surface area contributed by atoms with Crippen LogP contribution in [0, 0.1) is 33.5 Å². The molecule has 4 rings (SSSR count). The number of carbonyl (C=O) groups is 2. The lowest BCUT2D eigenvalue weighted by Crippen LogP contribution is -2.48.